The van der Waals surface area contributed by atoms with Crippen LogP contribution in [0.1, 0.15) is 48.0 Å². The Morgan fingerprint density at radius 2 is 1.71 bits per heavy atom. The zero-order valence-electron chi connectivity index (χ0n) is 20.6. The van der Waals surface area contributed by atoms with Crippen LogP contribution in [0.3, 0.4) is 0 Å². The molecule has 1 amide bonds. The average Bonchev–Trinajstić information content (AvgIpc) is 2.90. The number of benzene rings is 3. The number of carbonyl (C=O) groups excluding carboxylic acids is 2. The lowest BCUT2D eigenvalue weighted by atomic mass is 9.83. The predicted molar refractivity (Wildman–Crippen MR) is 136 cm³/mol. The van der Waals surface area contributed by atoms with Crippen LogP contribution in [0, 0.1) is 5.92 Å². The Labute approximate surface area is 223 Å². The summed E-state index contributed by atoms with van der Waals surface area (Å²) in [5.74, 6) is -1.15. The molecule has 0 aromatic heterocycles. The van der Waals surface area contributed by atoms with Crippen molar-refractivity contribution in [1.29, 1.82) is 0 Å². The van der Waals surface area contributed by atoms with Gasteiger partial charge in [0.1, 0.15) is 24.1 Å². The number of alkyl halides is 3. The Morgan fingerprint density at radius 1 is 1.03 bits per heavy atom. The smallest absolute Gasteiger partial charge is 0.487 e. The van der Waals surface area contributed by atoms with Crippen LogP contribution in [-0.4, -0.2) is 31.4 Å². The van der Waals surface area contributed by atoms with E-state index in [4.69, 9.17) is 21.1 Å². The fourth-order valence-corrected chi connectivity index (χ4v) is 4.90. The van der Waals surface area contributed by atoms with E-state index in [2.05, 4.69) is 10.1 Å². The average molecular weight is 550 g/mol. The van der Waals surface area contributed by atoms with Crippen molar-refractivity contribution in [2.45, 2.75) is 51.1 Å². The molecule has 10 heteroatoms. The van der Waals surface area contributed by atoms with Crippen LogP contribution < -0.4 is 14.8 Å². The Hall–Kier alpha value is -3.46. The molecule has 0 radical (unpaired) electrons. The molecule has 0 saturated heterocycles. The molecule has 38 heavy (non-hydrogen) atoms. The molecule has 202 valence electrons. The van der Waals surface area contributed by atoms with Gasteiger partial charge in [-0.3, -0.25) is 4.79 Å². The van der Waals surface area contributed by atoms with Gasteiger partial charge in [-0.25, -0.2) is 4.79 Å². The number of fused-ring (bicyclic) bond motifs is 1. The lowest BCUT2D eigenvalue weighted by Crippen LogP contribution is -2.47. The number of halogens is 4. The van der Waals surface area contributed by atoms with E-state index in [9.17, 15) is 22.8 Å². The molecule has 0 spiro atoms. The second-order valence-electron chi connectivity index (χ2n) is 9.16. The Morgan fingerprint density at radius 3 is 2.37 bits per heavy atom. The second kappa shape index (κ2) is 11.9. The number of amides is 1. The molecular formula is C28H27ClF3NO5. The van der Waals surface area contributed by atoms with Gasteiger partial charge in [-0.2, -0.15) is 0 Å². The van der Waals surface area contributed by atoms with Gasteiger partial charge in [0.05, 0.1) is 12.7 Å². The van der Waals surface area contributed by atoms with E-state index in [1.807, 2.05) is 0 Å². The standard InChI is InChI=1S/C28H27ClF3NO5/c1-36-27(35)24(19-5-3-2-4-6-19)33-26(34)22-14-10-18-9-11-20(29)15-23(18)25(22)37-16-17-7-12-21(13-8-17)38-28(30,31)32/h7-15,19,24H,2-6,16H2,1H3,(H,33,34)/t24-/m0/s1. The van der Waals surface area contributed by atoms with E-state index in [1.54, 1.807) is 30.3 Å². The van der Waals surface area contributed by atoms with Crippen LogP contribution in [0.5, 0.6) is 11.5 Å². The molecule has 0 aliphatic heterocycles. The summed E-state index contributed by atoms with van der Waals surface area (Å²) in [6, 6.07) is 13.0. The molecule has 1 fully saturated rings. The summed E-state index contributed by atoms with van der Waals surface area (Å²) >= 11 is 6.23. The summed E-state index contributed by atoms with van der Waals surface area (Å²) in [4.78, 5) is 26.1. The van der Waals surface area contributed by atoms with Crippen molar-refractivity contribution in [3.8, 4) is 11.5 Å². The summed E-state index contributed by atoms with van der Waals surface area (Å²) in [7, 11) is 1.29. The molecule has 1 aliphatic carbocycles. The highest BCUT2D eigenvalue weighted by atomic mass is 35.5. The third-order valence-electron chi connectivity index (χ3n) is 6.58. The molecule has 1 atom stereocenters. The van der Waals surface area contributed by atoms with E-state index in [1.165, 1.54) is 31.4 Å². The van der Waals surface area contributed by atoms with Crippen LogP contribution in [-0.2, 0) is 16.1 Å². The topological polar surface area (TPSA) is 73.9 Å². The molecule has 3 aromatic carbocycles. The van der Waals surface area contributed by atoms with Crippen molar-refractivity contribution in [3.63, 3.8) is 0 Å². The quantitative estimate of drug-likeness (QED) is 0.312. The molecule has 3 aromatic rings. The fraction of sp³-hybridized carbons (Fsp3) is 0.357. The van der Waals surface area contributed by atoms with Crippen LogP contribution in [0.15, 0.2) is 54.6 Å². The molecule has 4 rings (SSSR count). The number of esters is 1. The summed E-state index contributed by atoms with van der Waals surface area (Å²) in [5, 5.41) is 4.63. The summed E-state index contributed by atoms with van der Waals surface area (Å²) < 4.78 is 52.4. The van der Waals surface area contributed by atoms with E-state index in [-0.39, 0.29) is 29.6 Å². The Bertz CT molecular complexity index is 1290. The SMILES string of the molecule is COC(=O)[C@@H](NC(=O)c1ccc2ccc(Cl)cc2c1OCc1ccc(OC(F)(F)F)cc1)C1CCCCC1. The molecule has 0 heterocycles. The van der Waals surface area contributed by atoms with Crippen LogP contribution in [0.2, 0.25) is 5.02 Å². The van der Waals surface area contributed by atoms with E-state index in [0.29, 0.717) is 16.0 Å². The van der Waals surface area contributed by atoms with Gasteiger partial charge < -0.3 is 19.5 Å². The van der Waals surface area contributed by atoms with Gasteiger partial charge >= 0.3 is 12.3 Å². The van der Waals surface area contributed by atoms with E-state index >= 15 is 0 Å². The number of hydrogen-bond acceptors (Lipinski definition) is 5. The van der Waals surface area contributed by atoms with Gasteiger partial charge in [0.2, 0.25) is 0 Å². The summed E-state index contributed by atoms with van der Waals surface area (Å²) in [5.41, 5.74) is 0.751. The maximum atomic E-state index is 13.5. The van der Waals surface area contributed by atoms with Crippen molar-refractivity contribution in [3.05, 3.63) is 70.7 Å². The first-order valence-electron chi connectivity index (χ1n) is 12.2. The van der Waals surface area contributed by atoms with Gasteiger partial charge in [0.25, 0.3) is 5.91 Å². The maximum Gasteiger partial charge on any atom is 0.573 e. The van der Waals surface area contributed by atoms with Gasteiger partial charge in [0.15, 0.2) is 0 Å². The summed E-state index contributed by atoms with van der Waals surface area (Å²) in [6.45, 7) is -0.0404. The maximum absolute atomic E-state index is 13.5. The fourth-order valence-electron chi connectivity index (χ4n) is 4.72. The summed E-state index contributed by atoms with van der Waals surface area (Å²) in [6.07, 6.45) is -0.129. The van der Waals surface area contributed by atoms with Gasteiger partial charge in [-0.1, -0.05) is 55.1 Å². The van der Waals surface area contributed by atoms with Crippen LogP contribution in [0.25, 0.3) is 10.8 Å². The highest BCUT2D eigenvalue weighted by molar-refractivity contribution is 6.31. The molecule has 0 bridgehead atoms. The van der Waals surface area contributed by atoms with Crippen molar-refractivity contribution in [1.82, 2.24) is 5.32 Å². The Kier molecular flexibility index (Phi) is 8.66. The normalized spacial score (nSPS) is 15.1. The van der Waals surface area contributed by atoms with Crippen molar-refractivity contribution >= 4 is 34.2 Å². The first-order valence-corrected chi connectivity index (χ1v) is 12.6. The highest BCUT2D eigenvalue weighted by Gasteiger charge is 2.33. The molecule has 0 unspecified atom stereocenters. The van der Waals surface area contributed by atoms with Gasteiger partial charge in [-0.15, -0.1) is 13.2 Å². The first kappa shape index (κ1) is 27.6. The minimum atomic E-state index is -4.79. The highest BCUT2D eigenvalue weighted by Crippen LogP contribution is 2.34. The minimum absolute atomic E-state index is 0.0307. The number of nitrogens with one attached hydrogen (secondary N) is 1. The number of hydrogen-bond donors (Lipinski definition) is 1. The molecule has 1 saturated carbocycles. The minimum Gasteiger partial charge on any atom is -0.487 e. The first-order chi connectivity index (χ1) is 18.1. The molecule has 1 aliphatic rings. The van der Waals surface area contributed by atoms with Crippen molar-refractivity contribution in [2.24, 2.45) is 5.92 Å². The predicted octanol–water partition coefficient (Wildman–Crippen LogP) is 6.82. The van der Waals surface area contributed by atoms with E-state index in [0.717, 1.165) is 37.5 Å². The lowest BCUT2D eigenvalue weighted by molar-refractivity contribution is -0.274. The number of rotatable bonds is 8. The van der Waals surface area contributed by atoms with Crippen molar-refractivity contribution < 1.29 is 37.0 Å². The molecule has 6 nitrogen and oxygen atoms in total. The van der Waals surface area contributed by atoms with Gasteiger partial charge in [0, 0.05) is 10.4 Å². The van der Waals surface area contributed by atoms with Crippen LogP contribution in [0.4, 0.5) is 13.2 Å². The molecule has 1 N–H and O–H groups in total. The monoisotopic (exact) mass is 549 g/mol. The van der Waals surface area contributed by atoms with E-state index < -0.39 is 24.3 Å². The molecular weight excluding hydrogens is 523 g/mol. The number of ether oxygens (including phenoxy) is 3. The number of carbonyl (C=O) groups is 2. The van der Waals surface area contributed by atoms with Crippen molar-refractivity contribution in [2.75, 3.05) is 7.11 Å². The Balaban J connectivity index is 1.61. The zero-order valence-corrected chi connectivity index (χ0v) is 21.4. The van der Waals surface area contributed by atoms with Crippen LogP contribution >= 0.6 is 11.6 Å². The largest absolute Gasteiger partial charge is 0.573 e. The lowest BCUT2D eigenvalue weighted by Gasteiger charge is -2.29. The zero-order chi connectivity index (χ0) is 27.3. The third kappa shape index (κ3) is 6.89. The van der Waals surface area contributed by atoms with Gasteiger partial charge in [-0.05, 0) is 60.0 Å². The number of methoxy groups -OCH3 is 1. The third-order valence-corrected chi connectivity index (χ3v) is 6.82. The second-order valence-corrected chi connectivity index (χ2v) is 9.60.